The maximum Gasteiger partial charge on any atom is 0.121 e. The summed E-state index contributed by atoms with van der Waals surface area (Å²) in [6.45, 7) is 7.04. The summed E-state index contributed by atoms with van der Waals surface area (Å²) in [4.78, 5) is 6.73. The van der Waals surface area contributed by atoms with Gasteiger partial charge in [-0.1, -0.05) is 26.7 Å². The Bertz CT molecular complexity index is 673. The fourth-order valence-electron chi connectivity index (χ4n) is 3.08. The predicted molar refractivity (Wildman–Crippen MR) is 111 cm³/mol. The summed E-state index contributed by atoms with van der Waals surface area (Å²) in [6, 6.07) is 5.55. The fraction of sp³-hybridized carbons (Fsp3) is 0.550. The summed E-state index contributed by atoms with van der Waals surface area (Å²) >= 11 is 0. The first kappa shape index (κ1) is 22.5. The minimum absolute atomic E-state index is 0. The number of nitrogen functional groups attached to an aromatic ring is 1. The lowest BCUT2D eigenvalue weighted by Gasteiger charge is -2.25. The molecule has 26 heavy (non-hydrogen) atoms. The SMILES string of the molecule is CCCCN(CCCC)CC(O)c1ccnc2c(N)cc(OC)cc12.Cl. The van der Waals surface area contributed by atoms with Crippen LogP contribution in [0.5, 0.6) is 5.75 Å². The van der Waals surface area contributed by atoms with E-state index in [-0.39, 0.29) is 12.4 Å². The molecule has 1 atom stereocenters. The highest BCUT2D eigenvalue weighted by molar-refractivity contribution is 5.93. The van der Waals surface area contributed by atoms with Crippen molar-refractivity contribution in [2.75, 3.05) is 32.5 Å². The van der Waals surface area contributed by atoms with Gasteiger partial charge in [-0.3, -0.25) is 4.98 Å². The van der Waals surface area contributed by atoms with Crippen LogP contribution < -0.4 is 10.5 Å². The number of pyridine rings is 1. The van der Waals surface area contributed by atoms with Gasteiger partial charge >= 0.3 is 0 Å². The van der Waals surface area contributed by atoms with E-state index in [0.717, 1.165) is 49.7 Å². The van der Waals surface area contributed by atoms with Gasteiger partial charge in [0.05, 0.1) is 24.4 Å². The van der Waals surface area contributed by atoms with E-state index in [1.54, 1.807) is 19.4 Å². The van der Waals surface area contributed by atoms with Crippen LogP contribution in [-0.4, -0.2) is 41.7 Å². The first-order chi connectivity index (χ1) is 12.1. The second kappa shape index (κ2) is 11.2. The van der Waals surface area contributed by atoms with Crippen LogP contribution >= 0.6 is 12.4 Å². The summed E-state index contributed by atoms with van der Waals surface area (Å²) < 4.78 is 5.33. The van der Waals surface area contributed by atoms with Crippen LogP contribution in [0.15, 0.2) is 24.4 Å². The Morgan fingerprint density at radius 1 is 1.19 bits per heavy atom. The molecule has 2 aromatic rings. The van der Waals surface area contributed by atoms with E-state index in [9.17, 15) is 5.11 Å². The molecular weight excluding hydrogens is 350 g/mol. The summed E-state index contributed by atoms with van der Waals surface area (Å²) in [5, 5.41) is 11.8. The minimum Gasteiger partial charge on any atom is -0.497 e. The number of halogens is 1. The zero-order valence-corrected chi connectivity index (χ0v) is 16.9. The number of methoxy groups -OCH3 is 1. The van der Waals surface area contributed by atoms with Crippen LogP contribution in [0.1, 0.15) is 51.2 Å². The number of aliphatic hydroxyl groups is 1. The number of aromatic nitrogens is 1. The number of anilines is 1. The second-order valence-corrected chi connectivity index (χ2v) is 6.54. The largest absolute Gasteiger partial charge is 0.497 e. The van der Waals surface area contributed by atoms with Gasteiger partial charge in [0.15, 0.2) is 0 Å². The highest BCUT2D eigenvalue weighted by Crippen LogP contribution is 2.31. The van der Waals surface area contributed by atoms with Crippen LogP contribution in [0, 0.1) is 0 Å². The van der Waals surface area contributed by atoms with Crippen LogP contribution in [0.4, 0.5) is 5.69 Å². The van der Waals surface area contributed by atoms with Crippen LogP contribution in [-0.2, 0) is 0 Å². The van der Waals surface area contributed by atoms with Crippen LogP contribution in [0.2, 0.25) is 0 Å². The number of hydrogen-bond donors (Lipinski definition) is 2. The molecule has 1 aromatic heterocycles. The van der Waals surface area contributed by atoms with E-state index >= 15 is 0 Å². The predicted octanol–water partition coefficient (Wildman–Crippen LogP) is 4.18. The number of hydrogen-bond acceptors (Lipinski definition) is 5. The van der Waals surface area contributed by atoms with Gasteiger partial charge in [-0.25, -0.2) is 0 Å². The normalized spacial score (nSPS) is 12.2. The zero-order chi connectivity index (χ0) is 18.2. The monoisotopic (exact) mass is 381 g/mol. The van der Waals surface area contributed by atoms with Crippen molar-refractivity contribution in [3.05, 3.63) is 30.0 Å². The van der Waals surface area contributed by atoms with E-state index in [1.165, 1.54) is 0 Å². The summed E-state index contributed by atoms with van der Waals surface area (Å²) in [5.74, 6) is 0.681. The number of unbranched alkanes of at least 4 members (excludes halogenated alkanes) is 2. The van der Waals surface area contributed by atoms with Crippen molar-refractivity contribution >= 4 is 29.0 Å². The lowest BCUT2D eigenvalue weighted by atomic mass is 10.0. The Balaban J connectivity index is 0.00000338. The lowest BCUT2D eigenvalue weighted by Crippen LogP contribution is -2.30. The first-order valence-corrected chi connectivity index (χ1v) is 9.23. The molecule has 0 bridgehead atoms. The van der Waals surface area contributed by atoms with Crippen molar-refractivity contribution < 1.29 is 9.84 Å². The molecule has 0 aliphatic heterocycles. The standard InChI is InChI=1S/C20H31N3O2.ClH/c1-4-6-10-23(11-7-5-2)14-19(24)16-8-9-22-20-17(16)12-15(25-3)13-18(20)21;/h8-9,12-13,19,24H,4-7,10-11,14,21H2,1-3H3;1H. The first-order valence-electron chi connectivity index (χ1n) is 9.23. The van der Waals surface area contributed by atoms with E-state index < -0.39 is 6.10 Å². The average Bonchev–Trinajstić information content (AvgIpc) is 2.63. The van der Waals surface area contributed by atoms with Gasteiger partial charge in [-0.15, -0.1) is 12.4 Å². The number of nitrogens with two attached hydrogens (primary N) is 1. The molecule has 0 fully saturated rings. The van der Waals surface area contributed by atoms with Crippen LogP contribution in [0.25, 0.3) is 10.9 Å². The average molecular weight is 382 g/mol. The number of aliphatic hydroxyl groups excluding tert-OH is 1. The van der Waals surface area contributed by atoms with E-state index in [2.05, 4.69) is 23.7 Å². The smallest absolute Gasteiger partial charge is 0.121 e. The third-order valence-electron chi connectivity index (χ3n) is 4.56. The lowest BCUT2D eigenvalue weighted by molar-refractivity contribution is 0.112. The Labute approximate surface area is 163 Å². The molecule has 3 N–H and O–H groups in total. The zero-order valence-electron chi connectivity index (χ0n) is 16.1. The van der Waals surface area contributed by atoms with Gasteiger partial charge < -0.3 is 20.5 Å². The molecule has 6 heteroatoms. The van der Waals surface area contributed by atoms with Crippen molar-refractivity contribution in [1.82, 2.24) is 9.88 Å². The van der Waals surface area contributed by atoms with Crippen molar-refractivity contribution in [3.63, 3.8) is 0 Å². The van der Waals surface area contributed by atoms with Gasteiger partial charge in [0.25, 0.3) is 0 Å². The molecular formula is C20H32ClN3O2. The Morgan fingerprint density at radius 3 is 2.42 bits per heavy atom. The van der Waals surface area contributed by atoms with Crippen molar-refractivity contribution in [3.8, 4) is 5.75 Å². The molecule has 0 amide bonds. The maximum absolute atomic E-state index is 10.9. The van der Waals surface area contributed by atoms with Gasteiger partial charge in [-0.05, 0) is 43.6 Å². The molecule has 0 radical (unpaired) electrons. The molecule has 0 saturated carbocycles. The van der Waals surface area contributed by atoms with Crippen molar-refractivity contribution in [2.24, 2.45) is 0 Å². The summed E-state index contributed by atoms with van der Waals surface area (Å²) in [7, 11) is 1.62. The second-order valence-electron chi connectivity index (χ2n) is 6.54. The Hall–Kier alpha value is -1.56. The molecule has 5 nitrogen and oxygen atoms in total. The molecule has 146 valence electrons. The van der Waals surface area contributed by atoms with Crippen molar-refractivity contribution in [2.45, 2.75) is 45.6 Å². The van der Waals surface area contributed by atoms with E-state index in [1.807, 2.05) is 12.1 Å². The number of rotatable bonds is 10. The number of fused-ring (bicyclic) bond motifs is 1. The molecule has 0 spiro atoms. The molecule has 0 aliphatic rings. The summed E-state index contributed by atoms with van der Waals surface area (Å²) in [5.41, 5.74) is 8.24. The third kappa shape index (κ3) is 5.73. The maximum atomic E-state index is 10.9. The molecule has 2 rings (SSSR count). The highest BCUT2D eigenvalue weighted by Gasteiger charge is 2.17. The minimum atomic E-state index is -0.578. The molecule has 0 aliphatic carbocycles. The molecule has 1 unspecified atom stereocenters. The molecule has 1 aromatic carbocycles. The highest BCUT2D eigenvalue weighted by atomic mass is 35.5. The molecule has 1 heterocycles. The van der Waals surface area contributed by atoms with Gasteiger partial charge in [0.2, 0.25) is 0 Å². The number of benzene rings is 1. The Kier molecular flexibility index (Phi) is 9.70. The van der Waals surface area contributed by atoms with Gasteiger partial charge in [0.1, 0.15) is 5.75 Å². The van der Waals surface area contributed by atoms with Crippen molar-refractivity contribution in [1.29, 1.82) is 0 Å². The van der Waals surface area contributed by atoms with Gasteiger partial charge in [0, 0.05) is 24.2 Å². The third-order valence-corrected chi connectivity index (χ3v) is 4.56. The number of nitrogens with zero attached hydrogens (tertiary/aromatic N) is 2. The molecule has 0 saturated heterocycles. The topological polar surface area (TPSA) is 71.6 Å². The van der Waals surface area contributed by atoms with E-state index in [4.69, 9.17) is 10.5 Å². The number of ether oxygens (including phenoxy) is 1. The van der Waals surface area contributed by atoms with Crippen LogP contribution in [0.3, 0.4) is 0 Å². The quantitative estimate of drug-likeness (QED) is 0.604. The fourth-order valence-corrected chi connectivity index (χ4v) is 3.08. The van der Waals surface area contributed by atoms with E-state index in [0.29, 0.717) is 23.5 Å². The Morgan fingerprint density at radius 2 is 1.85 bits per heavy atom. The van der Waals surface area contributed by atoms with Gasteiger partial charge in [-0.2, -0.15) is 0 Å². The summed E-state index contributed by atoms with van der Waals surface area (Å²) in [6.07, 6.45) is 5.75.